The summed E-state index contributed by atoms with van der Waals surface area (Å²) in [5.41, 5.74) is 1.59. The van der Waals surface area contributed by atoms with Gasteiger partial charge in [0, 0.05) is 45.3 Å². The lowest BCUT2D eigenvalue weighted by molar-refractivity contribution is -0.132. The fourth-order valence-electron chi connectivity index (χ4n) is 3.32. The van der Waals surface area contributed by atoms with Gasteiger partial charge in [-0.25, -0.2) is 4.98 Å². The predicted octanol–water partition coefficient (Wildman–Crippen LogP) is 2.10. The van der Waals surface area contributed by atoms with E-state index in [4.69, 9.17) is 9.47 Å². The Morgan fingerprint density at radius 2 is 2.17 bits per heavy atom. The molecule has 3 rings (SSSR count). The molecule has 0 bridgehead atoms. The van der Waals surface area contributed by atoms with Crippen LogP contribution in [0.15, 0.2) is 24.5 Å². The number of amides is 2. The van der Waals surface area contributed by atoms with Crippen LogP contribution in [0.3, 0.4) is 0 Å². The third-order valence-electron chi connectivity index (χ3n) is 4.95. The highest BCUT2D eigenvalue weighted by Crippen LogP contribution is 2.29. The Morgan fingerprint density at radius 1 is 1.38 bits per heavy atom. The standard InChI is InChI=1S/C20H26N4O4S/c1-13-17(29-19(23-13)14-6-4-8-21-10-14)20(26)24-9-5-7-15(12-24)18(25)22-11-16(27-2)28-3/h4,6,8,10,15-16H,5,7,9,11-12H2,1-3H3,(H,22,25). The first-order valence-electron chi connectivity index (χ1n) is 9.54. The maximum absolute atomic E-state index is 13.1. The first kappa shape index (κ1) is 21.4. The summed E-state index contributed by atoms with van der Waals surface area (Å²) < 4.78 is 10.2. The van der Waals surface area contributed by atoms with Crippen LogP contribution in [-0.2, 0) is 14.3 Å². The minimum absolute atomic E-state index is 0.0701. The number of methoxy groups -OCH3 is 2. The van der Waals surface area contributed by atoms with Crippen molar-refractivity contribution in [2.24, 2.45) is 5.92 Å². The zero-order valence-corrected chi connectivity index (χ0v) is 17.7. The molecule has 2 aromatic heterocycles. The Hall–Kier alpha value is -2.36. The van der Waals surface area contributed by atoms with Crippen molar-refractivity contribution < 1.29 is 19.1 Å². The van der Waals surface area contributed by atoms with Crippen molar-refractivity contribution in [1.82, 2.24) is 20.2 Å². The number of rotatable bonds is 7. The average Bonchev–Trinajstić information content (AvgIpc) is 3.16. The van der Waals surface area contributed by atoms with Gasteiger partial charge in [0.25, 0.3) is 5.91 Å². The zero-order chi connectivity index (χ0) is 20.8. The smallest absolute Gasteiger partial charge is 0.265 e. The topological polar surface area (TPSA) is 93.7 Å². The second-order valence-electron chi connectivity index (χ2n) is 6.91. The van der Waals surface area contributed by atoms with Crippen LogP contribution in [0.2, 0.25) is 0 Å². The number of hydrogen-bond acceptors (Lipinski definition) is 7. The highest BCUT2D eigenvalue weighted by molar-refractivity contribution is 7.17. The summed E-state index contributed by atoms with van der Waals surface area (Å²) in [5, 5.41) is 3.62. The van der Waals surface area contributed by atoms with Crippen molar-refractivity contribution >= 4 is 23.2 Å². The molecule has 9 heteroatoms. The number of likely N-dealkylation sites (tertiary alicyclic amines) is 1. The predicted molar refractivity (Wildman–Crippen MR) is 110 cm³/mol. The molecule has 29 heavy (non-hydrogen) atoms. The van der Waals surface area contributed by atoms with Crippen molar-refractivity contribution in [3.63, 3.8) is 0 Å². The van der Waals surface area contributed by atoms with Crippen LogP contribution in [0, 0.1) is 12.8 Å². The zero-order valence-electron chi connectivity index (χ0n) is 16.9. The number of nitrogens with one attached hydrogen (secondary N) is 1. The Kier molecular flexibility index (Phi) is 7.29. The highest BCUT2D eigenvalue weighted by Gasteiger charge is 2.31. The Labute approximate surface area is 174 Å². The monoisotopic (exact) mass is 418 g/mol. The van der Waals surface area contributed by atoms with Gasteiger partial charge in [-0.3, -0.25) is 14.6 Å². The van der Waals surface area contributed by atoms with Crippen molar-refractivity contribution in [3.05, 3.63) is 35.1 Å². The number of pyridine rings is 1. The number of nitrogens with zero attached hydrogens (tertiary/aromatic N) is 3. The van der Waals surface area contributed by atoms with Gasteiger partial charge in [-0.05, 0) is 31.9 Å². The number of thiazole rings is 1. The van der Waals surface area contributed by atoms with Gasteiger partial charge in [-0.1, -0.05) is 0 Å². The summed E-state index contributed by atoms with van der Waals surface area (Å²) in [7, 11) is 3.05. The summed E-state index contributed by atoms with van der Waals surface area (Å²) in [5.74, 6) is -0.397. The van der Waals surface area contributed by atoms with Crippen LogP contribution in [0.4, 0.5) is 0 Å². The molecule has 1 fully saturated rings. The second kappa shape index (κ2) is 9.91. The van der Waals surface area contributed by atoms with E-state index in [0.29, 0.717) is 23.7 Å². The lowest BCUT2D eigenvalue weighted by Gasteiger charge is -2.32. The van der Waals surface area contributed by atoms with Crippen LogP contribution >= 0.6 is 11.3 Å². The van der Waals surface area contributed by atoms with E-state index in [1.807, 2.05) is 19.1 Å². The van der Waals surface area contributed by atoms with Gasteiger partial charge in [0.1, 0.15) is 9.88 Å². The van der Waals surface area contributed by atoms with E-state index < -0.39 is 6.29 Å². The summed E-state index contributed by atoms with van der Waals surface area (Å²) in [6.07, 6.45) is 4.50. The van der Waals surface area contributed by atoms with Gasteiger partial charge in [0.2, 0.25) is 5.91 Å². The van der Waals surface area contributed by atoms with Crippen LogP contribution in [0.1, 0.15) is 28.2 Å². The quantitative estimate of drug-likeness (QED) is 0.692. The van der Waals surface area contributed by atoms with E-state index in [9.17, 15) is 9.59 Å². The van der Waals surface area contributed by atoms with Crippen molar-refractivity contribution in [2.45, 2.75) is 26.1 Å². The molecule has 2 amide bonds. The average molecular weight is 419 g/mol. The first-order chi connectivity index (χ1) is 14.0. The van der Waals surface area contributed by atoms with Gasteiger partial charge >= 0.3 is 0 Å². The lowest BCUT2D eigenvalue weighted by atomic mass is 9.97. The van der Waals surface area contributed by atoms with E-state index >= 15 is 0 Å². The Balaban J connectivity index is 1.65. The van der Waals surface area contributed by atoms with Crippen molar-refractivity contribution in [2.75, 3.05) is 33.9 Å². The van der Waals surface area contributed by atoms with Gasteiger partial charge in [-0.2, -0.15) is 0 Å². The molecule has 1 atom stereocenters. The number of hydrogen-bond donors (Lipinski definition) is 1. The summed E-state index contributed by atoms with van der Waals surface area (Å²) in [6, 6.07) is 3.77. The molecular weight excluding hydrogens is 392 g/mol. The molecule has 8 nitrogen and oxygen atoms in total. The minimum atomic E-state index is -0.481. The van der Waals surface area contributed by atoms with Gasteiger partial charge in [0.15, 0.2) is 6.29 Å². The molecular formula is C20H26N4O4S. The van der Waals surface area contributed by atoms with Gasteiger partial charge in [-0.15, -0.1) is 11.3 Å². The van der Waals surface area contributed by atoms with Gasteiger partial charge < -0.3 is 19.7 Å². The Bertz CT molecular complexity index is 838. The summed E-state index contributed by atoms with van der Waals surface area (Å²) in [4.78, 5) is 36.6. The fraction of sp³-hybridized carbons (Fsp3) is 0.500. The number of carbonyl (C=O) groups excluding carboxylic acids is 2. The molecule has 3 heterocycles. The molecule has 0 radical (unpaired) electrons. The maximum atomic E-state index is 13.1. The van der Waals surface area contributed by atoms with Gasteiger partial charge in [0.05, 0.1) is 18.2 Å². The van der Waals surface area contributed by atoms with Crippen LogP contribution < -0.4 is 5.32 Å². The third kappa shape index (κ3) is 5.17. The molecule has 0 aromatic carbocycles. The number of aryl methyl sites for hydroxylation is 1. The van der Waals surface area contributed by atoms with Crippen LogP contribution in [0.25, 0.3) is 10.6 Å². The Morgan fingerprint density at radius 3 is 2.86 bits per heavy atom. The third-order valence-corrected chi connectivity index (χ3v) is 6.14. The van der Waals surface area contributed by atoms with E-state index in [0.717, 1.165) is 23.4 Å². The molecule has 1 unspecified atom stereocenters. The molecule has 1 saturated heterocycles. The summed E-state index contributed by atoms with van der Waals surface area (Å²) in [6.45, 7) is 3.15. The molecule has 0 spiro atoms. The number of aromatic nitrogens is 2. The molecule has 2 aromatic rings. The molecule has 1 aliphatic heterocycles. The van der Waals surface area contributed by atoms with Crippen molar-refractivity contribution in [3.8, 4) is 10.6 Å². The number of carbonyl (C=O) groups is 2. The van der Waals surface area contributed by atoms with E-state index in [2.05, 4.69) is 15.3 Å². The minimum Gasteiger partial charge on any atom is -0.354 e. The van der Waals surface area contributed by atoms with E-state index in [1.165, 1.54) is 25.6 Å². The molecule has 156 valence electrons. The fourth-order valence-corrected chi connectivity index (χ4v) is 4.34. The lowest BCUT2D eigenvalue weighted by Crippen LogP contribution is -2.46. The van der Waals surface area contributed by atoms with E-state index in [-0.39, 0.29) is 24.3 Å². The highest BCUT2D eigenvalue weighted by atomic mass is 32.1. The number of piperidine rings is 1. The molecule has 0 saturated carbocycles. The largest absolute Gasteiger partial charge is 0.354 e. The molecule has 0 aliphatic carbocycles. The van der Waals surface area contributed by atoms with Crippen LogP contribution in [0.5, 0.6) is 0 Å². The summed E-state index contributed by atoms with van der Waals surface area (Å²) >= 11 is 1.37. The maximum Gasteiger partial charge on any atom is 0.265 e. The van der Waals surface area contributed by atoms with Crippen molar-refractivity contribution in [1.29, 1.82) is 0 Å². The SMILES string of the molecule is COC(CNC(=O)C1CCCN(C(=O)c2sc(-c3cccnc3)nc2C)C1)OC. The first-order valence-corrected chi connectivity index (χ1v) is 10.4. The van der Waals surface area contributed by atoms with Crippen LogP contribution in [-0.4, -0.2) is 66.8 Å². The second-order valence-corrected chi connectivity index (χ2v) is 7.91. The molecule has 1 aliphatic rings. The normalized spacial score (nSPS) is 16.8. The molecule has 1 N–H and O–H groups in total. The number of ether oxygens (including phenoxy) is 2. The van der Waals surface area contributed by atoms with E-state index in [1.54, 1.807) is 17.3 Å².